The minimum Gasteiger partial charge on any atom is -0.344 e. The average molecular weight is 224 g/mol. The quantitative estimate of drug-likeness (QED) is 0.570. The molecule has 0 aromatic carbocycles. The van der Waals surface area contributed by atoms with Crippen molar-refractivity contribution < 1.29 is 4.79 Å². The van der Waals surface area contributed by atoms with Crippen LogP contribution >= 0.6 is 0 Å². The van der Waals surface area contributed by atoms with Crippen molar-refractivity contribution in [3.63, 3.8) is 0 Å². The summed E-state index contributed by atoms with van der Waals surface area (Å²) in [5.41, 5.74) is 0. The van der Waals surface area contributed by atoms with Crippen LogP contribution in [0.15, 0.2) is 12.7 Å². The van der Waals surface area contributed by atoms with Gasteiger partial charge in [0.2, 0.25) is 5.91 Å². The second kappa shape index (κ2) is 6.69. The van der Waals surface area contributed by atoms with Crippen molar-refractivity contribution in [2.45, 2.75) is 38.6 Å². The molecule has 1 rings (SSSR count). The summed E-state index contributed by atoms with van der Waals surface area (Å²) < 4.78 is 0. The Morgan fingerprint density at radius 1 is 1.62 bits per heavy atom. The van der Waals surface area contributed by atoms with E-state index in [1.54, 1.807) is 0 Å². The molecule has 0 aromatic rings. The van der Waals surface area contributed by atoms with Crippen LogP contribution in [-0.2, 0) is 4.79 Å². The van der Waals surface area contributed by atoms with Gasteiger partial charge in [-0.1, -0.05) is 13.0 Å². The van der Waals surface area contributed by atoms with Crippen molar-refractivity contribution in [2.75, 3.05) is 20.1 Å². The van der Waals surface area contributed by atoms with Crippen molar-refractivity contribution in [3.05, 3.63) is 12.7 Å². The summed E-state index contributed by atoms with van der Waals surface area (Å²) in [5, 5.41) is 3.31. The van der Waals surface area contributed by atoms with Gasteiger partial charge in [0.25, 0.3) is 0 Å². The van der Waals surface area contributed by atoms with Crippen molar-refractivity contribution in [1.29, 1.82) is 0 Å². The molecule has 0 aliphatic carbocycles. The van der Waals surface area contributed by atoms with E-state index < -0.39 is 0 Å². The molecule has 1 aliphatic heterocycles. The van der Waals surface area contributed by atoms with Crippen LogP contribution in [0.2, 0.25) is 0 Å². The Hall–Kier alpha value is -0.830. The topological polar surface area (TPSA) is 32.3 Å². The summed E-state index contributed by atoms with van der Waals surface area (Å²) in [4.78, 5) is 13.9. The van der Waals surface area contributed by atoms with E-state index in [2.05, 4.69) is 18.8 Å². The monoisotopic (exact) mass is 224 g/mol. The number of carbonyl (C=O) groups is 1. The highest BCUT2D eigenvalue weighted by atomic mass is 16.2. The number of amides is 1. The van der Waals surface area contributed by atoms with Gasteiger partial charge in [0.05, 0.1) is 6.04 Å². The number of hydrogen-bond acceptors (Lipinski definition) is 2. The lowest BCUT2D eigenvalue weighted by Gasteiger charge is -2.30. The second-order valence-corrected chi connectivity index (χ2v) is 4.83. The Morgan fingerprint density at radius 3 is 3.00 bits per heavy atom. The van der Waals surface area contributed by atoms with Gasteiger partial charge in [0.1, 0.15) is 0 Å². The number of piperidine rings is 1. The summed E-state index contributed by atoms with van der Waals surface area (Å²) in [6, 6.07) is 0.0393. The second-order valence-electron chi connectivity index (χ2n) is 4.83. The zero-order valence-corrected chi connectivity index (χ0v) is 10.5. The molecule has 16 heavy (non-hydrogen) atoms. The number of unbranched alkanes of at least 4 members (excludes halogenated alkanes) is 1. The van der Waals surface area contributed by atoms with Crippen LogP contribution < -0.4 is 5.32 Å². The normalized spacial score (nSPS) is 25.1. The number of hydrogen-bond donors (Lipinski definition) is 1. The Bertz CT molecular complexity index is 240. The number of carbonyl (C=O) groups excluding carboxylic acids is 1. The Labute approximate surface area is 98.9 Å². The number of rotatable bonds is 5. The molecule has 2 unspecified atom stereocenters. The van der Waals surface area contributed by atoms with Gasteiger partial charge in [-0.2, -0.15) is 0 Å². The molecule has 1 N–H and O–H groups in total. The molecule has 2 atom stereocenters. The SMILES string of the molecule is C=CCCCN(C)C(=O)C1CC(C)CCN1. The maximum absolute atomic E-state index is 12.1. The van der Waals surface area contributed by atoms with E-state index in [1.165, 1.54) is 6.42 Å². The van der Waals surface area contributed by atoms with E-state index in [-0.39, 0.29) is 11.9 Å². The lowest BCUT2D eigenvalue weighted by Crippen LogP contribution is -2.49. The molecule has 0 bridgehead atoms. The Morgan fingerprint density at radius 2 is 2.38 bits per heavy atom. The first-order valence-electron chi connectivity index (χ1n) is 6.24. The molecule has 3 heteroatoms. The predicted molar refractivity (Wildman–Crippen MR) is 67.3 cm³/mol. The van der Waals surface area contributed by atoms with Crippen molar-refractivity contribution in [3.8, 4) is 0 Å². The number of likely N-dealkylation sites (N-methyl/N-ethyl adjacent to an activating group) is 1. The van der Waals surface area contributed by atoms with Gasteiger partial charge < -0.3 is 10.2 Å². The summed E-state index contributed by atoms with van der Waals surface area (Å²) in [7, 11) is 1.90. The third-order valence-corrected chi connectivity index (χ3v) is 3.24. The van der Waals surface area contributed by atoms with Gasteiger partial charge in [-0.25, -0.2) is 0 Å². The fourth-order valence-electron chi connectivity index (χ4n) is 2.14. The molecule has 0 saturated carbocycles. The third-order valence-electron chi connectivity index (χ3n) is 3.24. The molecule has 1 fully saturated rings. The summed E-state index contributed by atoms with van der Waals surface area (Å²) >= 11 is 0. The smallest absolute Gasteiger partial charge is 0.239 e. The Balaban J connectivity index is 2.34. The highest BCUT2D eigenvalue weighted by molar-refractivity contribution is 5.81. The molecule has 92 valence electrons. The van der Waals surface area contributed by atoms with E-state index in [0.29, 0.717) is 5.92 Å². The molecule has 0 radical (unpaired) electrons. The van der Waals surface area contributed by atoms with Crippen LogP contribution in [-0.4, -0.2) is 37.0 Å². The predicted octanol–water partition coefficient (Wildman–Crippen LogP) is 1.80. The van der Waals surface area contributed by atoms with E-state index >= 15 is 0 Å². The van der Waals surface area contributed by atoms with Crippen LogP contribution in [0.1, 0.15) is 32.6 Å². The number of allylic oxidation sites excluding steroid dienone is 1. The maximum atomic E-state index is 12.1. The minimum absolute atomic E-state index is 0.0393. The first kappa shape index (κ1) is 13.2. The minimum atomic E-state index is 0.0393. The molecular formula is C13H24N2O. The first-order valence-corrected chi connectivity index (χ1v) is 6.24. The van der Waals surface area contributed by atoms with E-state index in [9.17, 15) is 4.79 Å². The van der Waals surface area contributed by atoms with Crippen LogP contribution in [0, 0.1) is 5.92 Å². The van der Waals surface area contributed by atoms with Gasteiger partial charge in [0.15, 0.2) is 0 Å². The lowest BCUT2D eigenvalue weighted by atomic mass is 9.93. The van der Waals surface area contributed by atoms with Crippen LogP contribution in [0.4, 0.5) is 0 Å². The molecule has 3 nitrogen and oxygen atoms in total. The van der Waals surface area contributed by atoms with E-state index in [1.807, 2.05) is 18.0 Å². The summed E-state index contributed by atoms with van der Waals surface area (Å²) in [5.74, 6) is 0.910. The zero-order chi connectivity index (χ0) is 12.0. The summed E-state index contributed by atoms with van der Waals surface area (Å²) in [6.45, 7) is 7.71. The first-order chi connectivity index (χ1) is 7.65. The van der Waals surface area contributed by atoms with Gasteiger partial charge in [-0.15, -0.1) is 6.58 Å². The standard InChI is InChI=1S/C13H24N2O/c1-4-5-6-9-15(3)13(16)12-10-11(2)7-8-14-12/h4,11-12,14H,1,5-10H2,2-3H3. The van der Waals surface area contributed by atoms with Crippen LogP contribution in [0.3, 0.4) is 0 Å². The van der Waals surface area contributed by atoms with Crippen LogP contribution in [0.25, 0.3) is 0 Å². The van der Waals surface area contributed by atoms with Crippen molar-refractivity contribution in [1.82, 2.24) is 10.2 Å². The van der Waals surface area contributed by atoms with Gasteiger partial charge >= 0.3 is 0 Å². The molecule has 1 amide bonds. The Kier molecular flexibility index (Phi) is 5.53. The molecule has 1 heterocycles. The molecule has 1 saturated heterocycles. The van der Waals surface area contributed by atoms with E-state index in [0.717, 1.165) is 32.4 Å². The largest absolute Gasteiger partial charge is 0.344 e. The van der Waals surface area contributed by atoms with Crippen molar-refractivity contribution >= 4 is 5.91 Å². The molecule has 1 aliphatic rings. The fraction of sp³-hybridized carbons (Fsp3) is 0.769. The van der Waals surface area contributed by atoms with Crippen LogP contribution in [0.5, 0.6) is 0 Å². The van der Waals surface area contributed by atoms with Gasteiger partial charge in [-0.3, -0.25) is 4.79 Å². The lowest BCUT2D eigenvalue weighted by molar-refractivity contribution is -0.133. The molecule has 0 aromatic heterocycles. The van der Waals surface area contributed by atoms with Gasteiger partial charge in [0, 0.05) is 13.6 Å². The zero-order valence-electron chi connectivity index (χ0n) is 10.5. The van der Waals surface area contributed by atoms with E-state index in [4.69, 9.17) is 0 Å². The number of nitrogens with one attached hydrogen (secondary N) is 1. The number of nitrogens with zero attached hydrogens (tertiary/aromatic N) is 1. The summed E-state index contributed by atoms with van der Waals surface area (Å²) in [6.07, 6.45) is 6.05. The molecular weight excluding hydrogens is 200 g/mol. The fourth-order valence-corrected chi connectivity index (χ4v) is 2.14. The third kappa shape index (κ3) is 3.97. The van der Waals surface area contributed by atoms with Gasteiger partial charge in [-0.05, 0) is 38.1 Å². The highest BCUT2D eigenvalue weighted by Gasteiger charge is 2.26. The highest BCUT2D eigenvalue weighted by Crippen LogP contribution is 2.16. The van der Waals surface area contributed by atoms with Crippen molar-refractivity contribution in [2.24, 2.45) is 5.92 Å². The average Bonchev–Trinajstić information content (AvgIpc) is 2.28. The maximum Gasteiger partial charge on any atom is 0.239 e. The molecule has 0 spiro atoms.